The Morgan fingerprint density at radius 3 is 2.69 bits per heavy atom. The van der Waals surface area contributed by atoms with Crippen LogP contribution in [0, 0.1) is 17.3 Å². The highest BCUT2D eigenvalue weighted by Crippen LogP contribution is 2.58. The molecule has 1 saturated carbocycles. The number of rotatable bonds is 7. The van der Waals surface area contributed by atoms with Gasteiger partial charge >= 0.3 is 5.97 Å². The molecule has 4 heteroatoms. The fraction of sp³-hybridized carbons (Fsp3) is 0.667. The Labute approximate surface area is 95.3 Å². The van der Waals surface area contributed by atoms with Gasteiger partial charge in [0.1, 0.15) is 6.29 Å². The van der Waals surface area contributed by atoms with E-state index in [1.165, 1.54) is 0 Å². The number of carbonyl (C=O) groups is 2. The van der Waals surface area contributed by atoms with Crippen LogP contribution in [-0.2, 0) is 14.3 Å². The van der Waals surface area contributed by atoms with Crippen molar-refractivity contribution < 1.29 is 19.4 Å². The predicted molar refractivity (Wildman–Crippen MR) is 59.0 cm³/mol. The van der Waals surface area contributed by atoms with Gasteiger partial charge in [-0.2, -0.15) is 0 Å². The molecule has 0 aromatic heterocycles. The highest BCUT2D eigenvalue weighted by molar-refractivity contribution is 5.76. The molecule has 2 unspecified atom stereocenters. The number of ether oxygens (including phenoxy) is 1. The first kappa shape index (κ1) is 12.9. The fourth-order valence-corrected chi connectivity index (χ4v) is 1.99. The number of carboxylic acids is 1. The van der Waals surface area contributed by atoms with Crippen LogP contribution in [0.2, 0.25) is 0 Å². The van der Waals surface area contributed by atoms with Crippen LogP contribution in [0.5, 0.6) is 0 Å². The Morgan fingerprint density at radius 2 is 2.19 bits per heavy atom. The molecule has 90 valence electrons. The van der Waals surface area contributed by atoms with Crippen molar-refractivity contribution in [1.82, 2.24) is 0 Å². The molecule has 0 aromatic rings. The number of aliphatic carboxylic acids is 1. The van der Waals surface area contributed by atoms with Crippen LogP contribution >= 0.6 is 0 Å². The van der Waals surface area contributed by atoms with Crippen molar-refractivity contribution in [2.45, 2.75) is 20.3 Å². The minimum atomic E-state index is -0.735. The lowest BCUT2D eigenvalue weighted by atomic mass is 10.1. The van der Waals surface area contributed by atoms with Crippen LogP contribution in [0.1, 0.15) is 20.3 Å². The van der Waals surface area contributed by atoms with Gasteiger partial charge in [-0.05, 0) is 11.3 Å². The summed E-state index contributed by atoms with van der Waals surface area (Å²) in [4.78, 5) is 20.9. The molecular formula is C12H18O4. The topological polar surface area (TPSA) is 63.6 Å². The normalized spacial score (nSPS) is 26.9. The first-order valence-corrected chi connectivity index (χ1v) is 5.42. The van der Waals surface area contributed by atoms with E-state index in [0.717, 1.165) is 6.29 Å². The molecule has 1 aliphatic carbocycles. The summed E-state index contributed by atoms with van der Waals surface area (Å²) in [6.45, 7) is 4.76. The van der Waals surface area contributed by atoms with Crippen LogP contribution in [0.25, 0.3) is 0 Å². The summed E-state index contributed by atoms with van der Waals surface area (Å²) in [5.41, 5.74) is -0.148. The monoisotopic (exact) mass is 226 g/mol. The molecule has 1 aliphatic rings. The maximum atomic E-state index is 10.9. The third-order valence-electron chi connectivity index (χ3n) is 3.11. The lowest BCUT2D eigenvalue weighted by Gasteiger charge is -1.97. The molecule has 1 N–H and O–H groups in total. The molecule has 0 spiro atoms. The van der Waals surface area contributed by atoms with Gasteiger partial charge in [0, 0.05) is 6.42 Å². The number of aldehydes is 1. The quantitative estimate of drug-likeness (QED) is 0.406. The molecule has 1 rings (SSSR count). The smallest absolute Gasteiger partial charge is 0.307 e. The number of allylic oxidation sites excluding steroid dienone is 1. The molecule has 2 atom stereocenters. The number of carbonyl (C=O) groups excluding carboxylic acids is 1. The summed E-state index contributed by atoms with van der Waals surface area (Å²) in [5.74, 6) is -0.917. The van der Waals surface area contributed by atoms with E-state index in [-0.39, 0.29) is 17.3 Å². The second-order valence-electron chi connectivity index (χ2n) is 4.62. The van der Waals surface area contributed by atoms with Gasteiger partial charge in [-0.15, -0.1) is 0 Å². The van der Waals surface area contributed by atoms with Crippen molar-refractivity contribution in [1.29, 1.82) is 0 Å². The van der Waals surface area contributed by atoms with Crippen molar-refractivity contribution in [3.8, 4) is 0 Å². The van der Waals surface area contributed by atoms with Gasteiger partial charge in [0.2, 0.25) is 0 Å². The number of carboxylic acid groups (broad SMARTS) is 1. The molecule has 1 fully saturated rings. The highest BCUT2D eigenvalue weighted by atomic mass is 16.5. The molecular weight excluding hydrogens is 208 g/mol. The maximum absolute atomic E-state index is 10.9. The van der Waals surface area contributed by atoms with Crippen molar-refractivity contribution in [2.24, 2.45) is 17.3 Å². The van der Waals surface area contributed by atoms with E-state index in [9.17, 15) is 9.59 Å². The van der Waals surface area contributed by atoms with E-state index in [1.54, 1.807) is 0 Å². The van der Waals surface area contributed by atoms with Gasteiger partial charge in [0.05, 0.1) is 19.1 Å². The molecule has 0 amide bonds. The summed E-state index contributed by atoms with van der Waals surface area (Å²) in [7, 11) is 0. The molecule has 0 bridgehead atoms. The molecule has 4 nitrogen and oxygen atoms in total. The summed E-state index contributed by atoms with van der Waals surface area (Å²) in [5, 5.41) is 8.93. The average molecular weight is 226 g/mol. The van der Waals surface area contributed by atoms with E-state index >= 15 is 0 Å². The summed E-state index contributed by atoms with van der Waals surface area (Å²) in [6.07, 6.45) is 4.95. The van der Waals surface area contributed by atoms with Gasteiger partial charge in [-0.25, -0.2) is 0 Å². The SMILES string of the molecule is CC1(C)C(C=CCOCCC=O)C1C(=O)O. The third kappa shape index (κ3) is 2.92. The Balaban J connectivity index is 2.25. The molecule has 0 aromatic carbocycles. The van der Waals surface area contributed by atoms with E-state index in [1.807, 2.05) is 26.0 Å². The van der Waals surface area contributed by atoms with Crippen molar-refractivity contribution in [2.75, 3.05) is 13.2 Å². The Bertz CT molecular complexity index is 293. The zero-order valence-corrected chi connectivity index (χ0v) is 9.68. The van der Waals surface area contributed by atoms with Crippen molar-refractivity contribution in [3.63, 3.8) is 0 Å². The van der Waals surface area contributed by atoms with Gasteiger partial charge in [-0.1, -0.05) is 26.0 Å². The molecule has 0 saturated heterocycles. The largest absolute Gasteiger partial charge is 0.481 e. The Morgan fingerprint density at radius 1 is 1.50 bits per heavy atom. The van der Waals surface area contributed by atoms with Gasteiger partial charge in [-0.3, -0.25) is 4.79 Å². The number of hydrogen-bond donors (Lipinski definition) is 1. The Hall–Kier alpha value is -1.16. The Kier molecular flexibility index (Phi) is 4.24. The van der Waals surface area contributed by atoms with Gasteiger partial charge in [0.15, 0.2) is 0 Å². The average Bonchev–Trinajstić information content (AvgIpc) is 2.74. The summed E-state index contributed by atoms with van der Waals surface area (Å²) in [6, 6.07) is 0. The van der Waals surface area contributed by atoms with Crippen LogP contribution < -0.4 is 0 Å². The van der Waals surface area contributed by atoms with Gasteiger partial charge in [0.25, 0.3) is 0 Å². The van der Waals surface area contributed by atoms with E-state index in [4.69, 9.17) is 9.84 Å². The lowest BCUT2D eigenvalue weighted by Crippen LogP contribution is -2.03. The maximum Gasteiger partial charge on any atom is 0.307 e. The van der Waals surface area contributed by atoms with Crippen LogP contribution in [0.4, 0.5) is 0 Å². The second-order valence-corrected chi connectivity index (χ2v) is 4.62. The third-order valence-corrected chi connectivity index (χ3v) is 3.11. The van der Waals surface area contributed by atoms with E-state index in [2.05, 4.69) is 0 Å². The highest BCUT2D eigenvalue weighted by Gasteiger charge is 2.60. The lowest BCUT2D eigenvalue weighted by molar-refractivity contribution is -0.139. The van der Waals surface area contributed by atoms with Crippen LogP contribution in [-0.4, -0.2) is 30.6 Å². The minimum absolute atomic E-state index is 0.0969. The summed E-state index contributed by atoms with van der Waals surface area (Å²) < 4.78 is 5.15. The molecule has 0 heterocycles. The minimum Gasteiger partial charge on any atom is -0.481 e. The number of hydrogen-bond acceptors (Lipinski definition) is 3. The van der Waals surface area contributed by atoms with E-state index < -0.39 is 5.97 Å². The standard InChI is InChI=1S/C12H18O4/c1-12(2)9(10(12)11(14)15)5-3-7-16-8-4-6-13/h3,5-6,9-10H,4,7-8H2,1-2H3,(H,14,15). The van der Waals surface area contributed by atoms with E-state index in [0.29, 0.717) is 19.6 Å². The van der Waals surface area contributed by atoms with Gasteiger partial charge < -0.3 is 14.6 Å². The summed E-state index contributed by atoms with van der Waals surface area (Å²) >= 11 is 0. The van der Waals surface area contributed by atoms with Crippen LogP contribution in [0.15, 0.2) is 12.2 Å². The fourth-order valence-electron chi connectivity index (χ4n) is 1.99. The molecule has 16 heavy (non-hydrogen) atoms. The first-order chi connectivity index (χ1) is 7.51. The molecule has 0 aliphatic heterocycles. The zero-order valence-electron chi connectivity index (χ0n) is 9.68. The second kappa shape index (κ2) is 5.25. The molecule has 0 radical (unpaired) electrons. The van der Waals surface area contributed by atoms with Crippen LogP contribution in [0.3, 0.4) is 0 Å². The van der Waals surface area contributed by atoms with Crippen molar-refractivity contribution in [3.05, 3.63) is 12.2 Å². The first-order valence-electron chi connectivity index (χ1n) is 5.42. The van der Waals surface area contributed by atoms with Crippen molar-refractivity contribution >= 4 is 12.3 Å². The predicted octanol–water partition coefficient (Wildman–Crippen LogP) is 1.51. The zero-order chi connectivity index (χ0) is 12.2.